The van der Waals surface area contributed by atoms with E-state index < -0.39 is 6.04 Å². The lowest BCUT2D eigenvalue weighted by molar-refractivity contribution is -0.149. The molecule has 5 heterocycles. The molecule has 1 unspecified atom stereocenters. The van der Waals surface area contributed by atoms with Crippen molar-refractivity contribution in [3.8, 4) is 16.8 Å². The molecule has 3 amide bonds. The number of piperazine rings is 1. The van der Waals surface area contributed by atoms with E-state index in [1.807, 2.05) is 42.1 Å². The van der Waals surface area contributed by atoms with Crippen LogP contribution in [0.25, 0.3) is 16.8 Å². The Bertz CT molecular complexity index is 1980. The van der Waals surface area contributed by atoms with Crippen LogP contribution < -0.4 is 5.32 Å². The summed E-state index contributed by atoms with van der Waals surface area (Å²) < 4.78 is 4.16. The number of unbranched alkanes of at least 4 members (excludes halogenated alkanes) is 2. The van der Waals surface area contributed by atoms with Crippen LogP contribution in [0.4, 0.5) is 0 Å². The number of aliphatic imine (C=N–C) groups is 1. The highest BCUT2D eigenvalue weighted by Crippen LogP contribution is 2.51. The summed E-state index contributed by atoms with van der Waals surface area (Å²) in [5, 5.41) is 16.7. The lowest BCUT2D eigenvalue weighted by Crippen LogP contribution is -2.60. The predicted octanol–water partition coefficient (Wildman–Crippen LogP) is 4.05. The SMILES string of the molecule is Cc1nnc2n1-c1ccc(-c3cnn(CCCCCN4CCN(C5CCC(=O)NC5=O)C(=O)C4)c3)cc1C(c1ccc(Cl)cc1)=NC21CC1. The van der Waals surface area contributed by atoms with Gasteiger partial charge in [0.2, 0.25) is 17.7 Å². The summed E-state index contributed by atoms with van der Waals surface area (Å²) in [6.07, 6.45) is 9.54. The van der Waals surface area contributed by atoms with Crippen molar-refractivity contribution in [2.75, 3.05) is 26.2 Å². The molecule has 4 aliphatic rings. The fourth-order valence-electron chi connectivity index (χ4n) is 7.31. The van der Waals surface area contributed by atoms with Crippen LogP contribution in [0.5, 0.6) is 0 Å². The summed E-state index contributed by atoms with van der Waals surface area (Å²) in [4.78, 5) is 45.7. The average molecular weight is 680 g/mol. The van der Waals surface area contributed by atoms with Crippen LogP contribution in [-0.2, 0) is 26.5 Å². The number of fused-ring (bicyclic) bond motifs is 4. The molecule has 2 aromatic carbocycles. The van der Waals surface area contributed by atoms with Gasteiger partial charge in [0.25, 0.3) is 0 Å². The number of aryl methyl sites for hydroxylation is 2. The molecule has 4 aromatic rings. The topological polar surface area (TPSA) is 131 Å². The van der Waals surface area contributed by atoms with Crippen LogP contribution in [0, 0.1) is 6.92 Å². The van der Waals surface area contributed by atoms with E-state index in [1.165, 1.54) is 0 Å². The van der Waals surface area contributed by atoms with Crippen LogP contribution in [0.3, 0.4) is 0 Å². The lowest BCUT2D eigenvalue weighted by atomic mass is 9.96. The number of halogens is 1. The van der Waals surface area contributed by atoms with Gasteiger partial charge in [-0.1, -0.05) is 36.2 Å². The molecule has 8 rings (SSSR count). The third-order valence-corrected chi connectivity index (χ3v) is 10.4. The smallest absolute Gasteiger partial charge is 0.249 e. The highest BCUT2D eigenvalue weighted by atomic mass is 35.5. The monoisotopic (exact) mass is 679 g/mol. The van der Waals surface area contributed by atoms with Crippen molar-refractivity contribution in [2.45, 2.75) is 70.0 Å². The van der Waals surface area contributed by atoms with Crippen molar-refractivity contribution >= 4 is 35.0 Å². The maximum Gasteiger partial charge on any atom is 0.249 e. The summed E-state index contributed by atoms with van der Waals surface area (Å²) in [7, 11) is 0. The Kier molecular flexibility index (Phi) is 8.15. The fraction of sp³-hybridized carbons (Fsp3) is 0.417. The van der Waals surface area contributed by atoms with Gasteiger partial charge in [0, 0.05) is 54.0 Å². The van der Waals surface area contributed by atoms with Crippen molar-refractivity contribution in [3.63, 3.8) is 0 Å². The van der Waals surface area contributed by atoms with Gasteiger partial charge in [-0.2, -0.15) is 5.10 Å². The Morgan fingerprint density at radius 2 is 1.73 bits per heavy atom. The van der Waals surface area contributed by atoms with Crippen LogP contribution in [0.15, 0.2) is 59.9 Å². The number of nitrogens with zero attached hydrogens (tertiary/aromatic N) is 8. The molecule has 1 N–H and O–H groups in total. The Morgan fingerprint density at radius 3 is 2.51 bits per heavy atom. The van der Waals surface area contributed by atoms with E-state index in [1.54, 1.807) is 4.90 Å². The summed E-state index contributed by atoms with van der Waals surface area (Å²) in [5.41, 5.74) is 5.73. The standard InChI is InChI=1S/C36H38ClN9O3/c1-23-41-42-35-36(13-14-36)40-33(24-5-8-27(37)9-6-24)28-19-25(7-10-29(28)46(23)35)26-20-38-44(21-26)16-4-2-3-15-43-17-18-45(32(48)22-43)30-11-12-31(47)39-34(30)49/h5-10,19-21,30H,2-4,11-18,22H2,1H3,(H,39,47,49). The Morgan fingerprint density at radius 1 is 0.939 bits per heavy atom. The molecule has 2 saturated heterocycles. The van der Waals surface area contributed by atoms with Crippen LogP contribution >= 0.6 is 11.6 Å². The third-order valence-electron chi connectivity index (χ3n) is 10.2. The van der Waals surface area contributed by atoms with Crippen LogP contribution in [0.2, 0.25) is 5.02 Å². The number of rotatable bonds is 9. The molecule has 12 nitrogen and oxygen atoms in total. The molecule has 0 bridgehead atoms. The van der Waals surface area contributed by atoms with Gasteiger partial charge in [-0.3, -0.25) is 38.8 Å². The number of hydrogen-bond donors (Lipinski definition) is 1. The molecule has 252 valence electrons. The first-order valence-electron chi connectivity index (χ1n) is 17.1. The minimum absolute atomic E-state index is 0.0431. The summed E-state index contributed by atoms with van der Waals surface area (Å²) >= 11 is 6.26. The zero-order valence-electron chi connectivity index (χ0n) is 27.4. The van der Waals surface area contributed by atoms with Gasteiger partial charge < -0.3 is 4.90 Å². The second-order valence-electron chi connectivity index (χ2n) is 13.5. The van der Waals surface area contributed by atoms with Gasteiger partial charge in [0.1, 0.15) is 17.4 Å². The molecule has 3 aliphatic heterocycles. The van der Waals surface area contributed by atoms with Crippen molar-refractivity contribution in [3.05, 3.63) is 82.7 Å². The molecule has 3 fully saturated rings. The summed E-state index contributed by atoms with van der Waals surface area (Å²) in [6.45, 7) is 5.18. The van der Waals surface area contributed by atoms with E-state index in [0.29, 0.717) is 24.5 Å². The van der Waals surface area contributed by atoms with E-state index in [-0.39, 0.29) is 29.7 Å². The highest BCUT2D eigenvalue weighted by molar-refractivity contribution is 6.30. The summed E-state index contributed by atoms with van der Waals surface area (Å²) in [5.74, 6) is 1.08. The van der Waals surface area contributed by atoms with Crippen molar-refractivity contribution in [1.82, 2.24) is 39.7 Å². The molecule has 0 radical (unpaired) electrons. The Balaban J connectivity index is 0.910. The second-order valence-corrected chi connectivity index (χ2v) is 14.0. The third kappa shape index (κ3) is 6.08. The lowest BCUT2D eigenvalue weighted by Gasteiger charge is -2.39. The molecule has 13 heteroatoms. The van der Waals surface area contributed by atoms with Crippen LogP contribution in [0.1, 0.15) is 67.7 Å². The van der Waals surface area contributed by atoms with Gasteiger partial charge in [-0.25, -0.2) is 0 Å². The molecule has 49 heavy (non-hydrogen) atoms. The van der Waals surface area contributed by atoms with Crippen LogP contribution in [-0.4, -0.2) is 90.0 Å². The molecular weight excluding hydrogens is 642 g/mol. The maximum atomic E-state index is 12.8. The number of nitrogens with one attached hydrogen (secondary N) is 1. The molecule has 1 aliphatic carbocycles. The number of imide groups is 1. The first-order valence-corrected chi connectivity index (χ1v) is 17.5. The second kappa shape index (κ2) is 12.6. The number of aromatic nitrogens is 5. The van der Waals surface area contributed by atoms with Gasteiger partial charge >= 0.3 is 0 Å². The number of carbonyl (C=O) groups excluding carboxylic acids is 3. The van der Waals surface area contributed by atoms with E-state index in [0.717, 1.165) is 97.0 Å². The summed E-state index contributed by atoms with van der Waals surface area (Å²) in [6, 6.07) is 13.8. The quantitative estimate of drug-likeness (QED) is 0.209. The normalized spacial score (nSPS) is 20.1. The molecule has 1 spiro atoms. The predicted molar refractivity (Wildman–Crippen MR) is 183 cm³/mol. The van der Waals surface area contributed by atoms with E-state index in [4.69, 9.17) is 16.6 Å². The van der Waals surface area contributed by atoms with Crippen molar-refractivity contribution in [2.24, 2.45) is 4.99 Å². The molecule has 1 saturated carbocycles. The maximum absolute atomic E-state index is 12.8. The van der Waals surface area contributed by atoms with Crippen molar-refractivity contribution in [1.29, 1.82) is 0 Å². The number of benzene rings is 2. The van der Waals surface area contributed by atoms with E-state index >= 15 is 0 Å². The highest BCUT2D eigenvalue weighted by Gasteiger charge is 2.51. The van der Waals surface area contributed by atoms with Gasteiger partial charge in [0.15, 0.2) is 5.82 Å². The average Bonchev–Trinajstić information content (AvgIpc) is 3.57. The Labute approximate surface area is 289 Å². The van der Waals surface area contributed by atoms with Gasteiger partial charge in [0.05, 0.1) is 24.1 Å². The number of amides is 3. The number of hydrogen-bond acceptors (Lipinski definition) is 8. The minimum Gasteiger partial charge on any atom is -0.328 e. The van der Waals surface area contributed by atoms with Gasteiger partial charge in [-0.05, 0) is 75.4 Å². The van der Waals surface area contributed by atoms with Crippen molar-refractivity contribution < 1.29 is 14.4 Å². The van der Waals surface area contributed by atoms with E-state index in [2.05, 4.69) is 54.5 Å². The zero-order valence-corrected chi connectivity index (χ0v) is 28.2. The fourth-order valence-corrected chi connectivity index (χ4v) is 7.44. The largest absolute Gasteiger partial charge is 0.328 e. The minimum atomic E-state index is -0.531. The molecular formula is C36H38ClN9O3. The first kappa shape index (κ1) is 31.6. The van der Waals surface area contributed by atoms with Gasteiger partial charge in [-0.15, -0.1) is 10.2 Å². The Hall–Kier alpha value is -4.68. The zero-order chi connectivity index (χ0) is 33.7. The number of piperidine rings is 1. The molecule has 1 atom stereocenters. The van der Waals surface area contributed by atoms with E-state index in [9.17, 15) is 14.4 Å². The first-order chi connectivity index (χ1) is 23.8. The number of carbonyl (C=O) groups is 3. The molecule has 2 aromatic heterocycles.